The zero-order chi connectivity index (χ0) is 10.4. The molecule has 0 spiro atoms. The van der Waals surface area contributed by atoms with Crippen LogP contribution in [-0.2, 0) is 4.74 Å². The van der Waals surface area contributed by atoms with E-state index in [2.05, 4.69) is 19.9 Å². The number of hydrogen-bond acceptors (Lipinski definition) is 2. The highest BCUT2D eigenvalue weighted by Gasteiger charge is 2.00. The van der Waals surface area contributed by atoms with Crippen molar-refractivity contribution in [1.29, 1.82) is 0 Å². The third-order valence-corrected chi connectivity index (χ3v) is 2.24. The highest BCUT2D eigenvalue weighted by Crippen LogP contribution is 2.20. The van der Waals surface area contributed by atoms with E-state index in [1.165, 1.54) is 11.1 Å². The van der Waals surface area contributed by atoms with E-state index >= 15 is 0 Å². The maximum Gasteiger partial charge on any atom is 0.122 e. The Balaban J connectivity index is 2.46. The summed E-state index contributed by atoms with van der Waals surface area (Å²) >= 11 is 0. The molecule has 2 heteroatoms. The van der Waals surface area contributed by atoms with Crippen LogP contribution in [0.5, 0.6) is 5.75 Å². The third kappa shape index (κ3) is 3.04. The zero-order valence-corrected chi connectivity index (χ0v) is 9.17. The maximum atomic E-state index is 5.59. The van der Waals surface area contributed by atoms with E-state index < -0.39 is 0 Å². The van der Waals surface area contributed by atoms with Gasteiger partial charge < -0.3 is 9.47 Å². The van der Waals surface area contributed by atoms with Crippen LogP contribution in [0.2, 0.25) is 0 Å². The van der Waals surface area contributed by atoms with Gasteiger partial charge in [0.15, 0.2) is 0 Å². The van der Waals surface area contributed by atoms with Crippen LogP contribution in [0.25, 0.3) is 0 Å². The van der Waals surface area contributed by atoms with Gasteiger partial charge in [-0.05, 0) is 38.0 Å². The van der Waals surface area contributed by atoms with Gasteiger partial charge in [0.2, 0.25) is 0 Å². The summed E-state index contributed by atoms with van der Waals surface area (Å²) in [6.45, 7) is 8.17. The first-order chi connectivity index (χ1) is 6.75. The minimum atomic E-state index is 0.623. The highest BCUT2D eigenvalue weighted by atomic mass is 16.5. The molecule has 0 heterocycles. The molecule has 1 aromatic carbocycles. The van der Waals surface area contributed by atoms with Crippen LogP contribution in [0.3, 0.4) is 0 Å². The molecule has 0 radical (unpaired) electrons. The summed E-state index contributed by atoms with van der Waals surface area (Å²) in [4.78, 5) is 0. The Morgan fingerprint density at radius 1 is 1.14 bits per heavy atom. The Kier molecular flexibility index (Phi) is 4.47. The lowest BCUT2D eigenvalue weighted by Gasteiger charge is -2.10. The van der Waals surface area contributed by atoms with E-state index in [0.717, 1.165) is 12.4 Å². The van der Waals surface area contributed by atoms with Gasteiger partial charge in [-0.2, -0.15) is 0 Å². The first-order valence-corrected chi connectivity index (χ1v) is 5.02. The van der Waals surface area contributed by atoms with Crippen molar-refractivity contribution in [3.05, 3.63) is 29.3 Å². The second-order valence-electron chi connectivity index (χ2n) is 3.24. The maximum absolute atomic E-state index is 5.59. The molecule has 0 N–H and O–H groups in total. The van der Waals surface area contributed by atoms with E-state index in [4.69, 9.17) is 9.47 Å². The van der Waals surface area contributed by atoms with Crippen LogP contribution >= 0.6 is 0 Å². The lowest BCUT2D eigenvalue weighted by Crippen LogP contribution is -2.07. The lowest BCUT2D eigenvalue weighted by atomic mass is 10.1. The third-order valence-electron chi connectivity index (χ3n) is 2.24. The Morgan fingerprint density at radius 2 is 1.93 bits per heavy atom. The zero-order valence-electron chi connectivity index (χ0n) is 9.17. The van der Waals surface area contributed by atoms with Crippen LogP contribution in [0.4, 0.5) is 0 Å². The SMILES string of the molecule is CCOCCOc1cccc(C)c1C. The minimum absolute atomic E-state index is 0.623. The first kappa shape index (κ1) is 11.1. The molecule has 0 fully saturated rings. The van der Waals surface area contributed by atoms with Crippen molar-refractivity contribution in [3.63, 3.8) is 0 Å². The fraction of sp³-hybridized carbons (Fsp3) is 0.500. The molecular formula is C12H18O2. The van der Waals surface area contributed by atoms with Gasteiger partial charge in [-0.25, -0.2) is 0 Å². The van der Waals surface area contributed by atoms with E-state index in [1.807, 2.05) is 19.1 Å². The number of hydrogen-bond donors (Lipinski definition) is 0. The largest absolute Gasteiger partial charge is 0.491 e. The number of aryl methyl sites for hydroxylation is 1. The summed E-state index contributed by atoms with van der Waals surface area (Å²) in [7, 11) is 0. The molecule has 0 saturated carbocycles. The topological polar surface area (TPSA) is 18.5 Å². The monoisotopic (exact) mass is 194 g/mol. The van der Waals surface area contributed by atoms with Crippen LogP contribution in [0, 0.1) is 13.8 Å². The fourth-order valence-corrected chi connectivity index (χ4v) is 1.24. The molecule has 0 bridgehead atoms. The van der Waals surface area contributed by atoms with Gasteiger partial charge in [0.25, 0.3) is 0 Å². The van der Waals surface area contributed by atoms with Crippen molar-refractivity contribution in [1.82, 2.24) is 0 Å². The van der Waals surface area contributed by atoms with Crippen LogP contribution in [-0.4, -0.2) is 19.8 Å². The second kappa shape index (κ2) is 5.66. The van der Waals surface area contributed by atoms with Crippen molar-refractivity contribution in [2.75, 3.05) is 19.8 Å². The molecule has 0 saturated heterocycles. The summed E-state index contributed by atoms with van der Waals surface area (Å²) in [5.74, 6) is 0.963. The molecule has 78 valence electrons. The average Bonchev–Trinajstić information content (AvgIpc) is 2.19. The quantitative estimate of drug-likeness (QED) is 0.671. The van der Waals surface area contributed by atoms with E-state index in [0.29, 0.717) is 13.2 Å². The summed E-state index contributed by atoms with van der Waals surface area (Å²) < 4.78 is 10.8. The number of rotatable bonds is 5. The van der Waals surface area contributed by atoms with Gasteiger partial charge in [0.1, 0.15) is 12.4 Å². The second-order valence-corrected chi connectivity index (χ2v) is 3.24. The van der Waals surface area contributed by atoms with Gasteiger partial charge in [0, 0.05) is 6.61 Å². The molecule has 0 aliphatic carbocycles. The molecule has 14 heavy (non-hydrogen) atoms. The number of benzene rings is 1. The minimum Gasteiger partial charge on any atom is -0.491 e. The molecule has 0 aliphatic rings. The molecule has 1 rings (SSSR count). The Labute approximate surface area is 85.8 Å². The average molecular weight is 194 g/mol. The van der Waals surface area contributed by atoms with Crippen LogP contribution < -0.4 is 4.74 Å². The van der Waals surface area contributed by atoms with Crippen molar-refractivity contribution in [2.24, 2.45) is 0 Å². The summed E-state index contributed by atoms with van der Waals surface area (Å²) in [5.41, 5.74) is 2.47. The predicted octanol–water partition coefficient (Wildman–Crippen LogP) is 2.72. The van der Waals surface area contributed by atoms with Gasteiger partial charge in [-0.1, -0.05) is 12.1 Å². The van der Waals surface area contributed by atoms with E-state index in [9.17, 15) is 0 Å². The summed E-state index contributed by atoms with van der Waals surface area (Å²) in [6.07, 6.45) is 0. The first-order valence-electron chi connectivity index (χ1n) is 5.02. The predicted molar refractivity (Wildman–Crippen MR) is 57.9 cm³/mol. The van der Waals surface area contributed by atoms with Crippen LogP contribution in [0.15, 0.2) is 18.2 Å². The highest BCUT2D eigenvalue weighted by molar-refractivity contribution is 5.38. The van der Waals surface area contributed by atoms with E-state index in [-0.39, 0.29) is 0 Å². The van der Waals surface area contributed by atoms with Gasteiger partial charge in [-0.15, -0.1) is 0 Å². The molecule has 1 aromatic rings. The van der Waals surface area contributed by atoms with Crippen molar-refractivity contribution < 1.29 is 9.47 Å². The molecular weight excluding hydrogens is 176 g/mol. The van der Waals surface area contributed by atoms with Crippen molar-refractivity contribution in [2.45, 2.75) is 20.8 Å². The molecule has 0 amide bonds. The lowest BCUT2D eigenvalue weighted by molar-refractivity contribution is 0.110. The summed E-state index contributed by atoms with van der Waals surface area (Å²) in [6, 6.07) is 6.09. The van der Waals surface area contributed by atoms with Gasteiger partial charge in [-0.3, -0.25) is 0 Å². The van der Waals surface area contributed by atoms with E-state index in [1.54, 1.807) is 0 Å². The van der Waals surface area contributed by atoms with Gasteiger partial charge in [0.05, 0.1) is 6.61 Å². The molecule has 0 atom stereocenters. The molecule has 0 aromatic heterocycles. The molecule has 0 aliphatic heterocycles. The summed E-state index contributed by atoms with van der Waals surface area (Å²) in [5, 5.41) is 0. The van der Waals surface area contributed by atoms with Crippen molar-refractivity contribution >= 4 is 0 Å². The normalized spacial score (nSPS) is 10.2. The van der Waals surface area contributed by atoms with Crippen LogP contribution in [0.1, 0.15) is 18.1 Å². The number of ether oxygens (including phenoxy) is 2. The standard InChI is InChI=1S/C12H18O2/c1-4-13-8-9-14-12-7-5-6-10(2)11(12)3/h5-7H,4,8-9H2,1-3H3. The Hall–Kier alpha value is -1.02. The molecule has 0 unspecified atom stereocenters. The van der Waals surface area contributed by atoms with Crippen molar-refractivity contribution in [3.8, 4) is 5.75 Å². The van der Waals surface area contributed by atoms with Gasteiger partial charge >= 0.3 is 0 Å². The fourth-order valence-electron chi connectivity index (χ4n) is 1.24. The smallest absolute Gasteiger partial charge is 0.122 e. The molecule has 2 nitrogen and oxygen atoms in total. The Bertz CT molecular complexity index is 282. The Morgan fingerprint density at radius 3 is 2.64 bits per heavy atom.